The van der Waals surface area contributed by atoms with Crippen molar-refractivity contribution in [1.29, 1.82) is 5.26 Å². The Hall–Kier alpha value is -3.27. The molecule has 6 nitrogen and oxygen atoms in total. The molecule has 2 aromatic heterocycles. The van der Waals surface area contributed by atoms with Crippen LogP contribution in [0.2, 0.25) is 0 Å². The summed E-state index contributed by atoms with van der Waals surface area (Å²) in [6, 6.07) is 11.0. The highest BCUT2D eigenvalue weighted by Gasteiger charge is 2.27. The molecular formula is C21H21FN6. The van der Waals surface area contributed by atoms with Crippen LogP contribution in [-0.4, -0.2) is 32.8 Å². The number of para-hydroxylation sites is 1. The molecule has 0 amide bonds. The third kappa shape index (κ3) is 3.33. The summed E-state index contributed by atoms with van der Waals surface area (Å²) < 4.78 is 15.4. The van der Waals surface area contributed by atoms with Crippen LogP contribution in [0.1, 0.15) is 37.1 Å². The Morgan fingerprint density at radius 3 is 2.71 bits per heavy atom. The van der Waals surface area contributed by atoms with Gasteiger partial charge < -0.3 is 9.47 Å². The predicted molar refractivity (Wildman–Crippen MR) is 104 cm³/mol. The average molecular weight is 376 g/mol. The van der Waals surface area contributed by atoms with Crippen LogP contribution in [0.3, 0.4) is 0 Å². The number of pyridine rings is 1. The van der Waals surface area contributed by atoms with E-state index in [4.69, 9.17) is 0 Å². The lowest BCUT2D eigenvalue weighted by Gasteiger charge is -2.35. The Kier molecular flexibility index (Phi) is 5.02. The van der Waals surface area contributed by atoms with Crippen molar-refractivity contribution in [2.24, 2.45) is 0 Å². The summed E-state index contributed by atoms with van der Waals surface area (Å²) in [5.74, 6) is 0.894. The first-order chi connectivity index (χ1) is 13.7. The Labute approximate surface area is 163 Å². The van der Waals surface area contributed by atoms with Crippen LogP contribution in [0.5, 0.6) is 0 Å². The Morgan fingerprint density at radius 1 is 1.21 bits per heavy atom. The van der Waals surface area contributed by atoms with E-state index in [1.807, 2.05) is 18.2 Å². The zero-order valence-corrected chi connectivity index (χ0v) is 15.7. The van der Waals surface area contributed by atoms with Crippen LogP contribution in [0.25, 0.3) is 11.1 Å². The highest BCUT2D eigenvalue weighted by atomic mass is 19.1. The number of rotatable bonds is 4. The van der Waals surface area contributed by atoms with E-state index < -0.39 is 5.95 Å². The molecule has 3 heterocycles. The fraction of sp³-hybridized carbons (Fsp3) is 0.333. The molecule has 1 fully saturated rings. The van der Waals surface area contributed by atoms with Gasteiger partial charge in [0.1, 0.15) is 18.2 Å². The number of aryl methyl sites for hydroxylation is 1. The minimum absolute atomic E-state index is 0.365. The Balaban J connectivity index is 1.63. The molecule has 0 atom stereocenters. The quantitative estimate of drug-likeness (QED) is 0.649. The van der Waals surface area contributed by atoms with Crippen LogP contribution in [0.4, 0.5) is 10.1 Å². The number of benzene rings is 1. The monoisotopic (exact) mass is 376 g/mol. The molecule has 1 aliphatic heterocycles. The van der Waals surface area contributed by atoms with Crippen LogP contribution in [-0.2, 0) is 6.54 Å². The molecule has 0 spiro atoms. The zero-order chi connectivity index (χ0) is 19.5. The smallest absolute Gasteiger partial charge is 0.212 e. The minimum atomic E-state index is -0.511. The molecule has 0 radical (unpaired) electrons. The first-order valence-corrected chi connectivity index (χ1v) is 9.49. The van der Waals surface area contributed by atoms with Gasteiger partial charge in [0.05, 0.1) is 11.3 Å². The average Bonchev–Trinajstić information content (AvgIpc) is 3.23. The van der Waals surface area contributed by atoms with Gasteiger partial charge in [-0.05, 0) is 38.0 Å². The first kappa shape index (κ1) is 18.1. The molecular weight excluding hydrogens is 355 g/mol. The van der Waals surface area contributed by atoms with Crippen molar-refractivity contribution >= 4 is 5.69 Å². The number of aromatic nitrogens is 4. The lowest BCUT2D eigenvalue weighted by Crippen LogP contribution is -2.34. The van der Waals surface area contributed by atoms with Crippen LogP contribution in [0, 0.1) is 17.3 Å². The maximum atomic E-state index is 13.3. The van der Waals surface area contributed by atoms with Gasteiger partial charge >= 0.3 is 0 Å². The molecule has 1 aliphatic rings. The van der Waals surface area contributed by atoms with Crippen molar-refractivity contribution in [2.45, 2.75) is 32.2 Å². The van der Waals surface area contributed by atoms with E-state index in [-0.39, 0.29) is 0 Å². The Bertz CT molecular complexity index is 996. The van der Waals surface area contributed by atoms with Gasteiger partial charge in [0.2, 0.25) is 5.95 Å². The van der Waals surface area contributed by atoms with Crippen molar-refractivity contribution < 1.29 is 4.39 Å². The largest absolute Gasteiger partial charge is 0.370 e. The molecule has 0 saturated carbocycles. The molecule has 1 saturated heterocycles. The van der Waals surface area contributed by atoms with Gasteiger partial charge in [-0.15, -0.1) is 10.2 Å². The van der Waals surface area contributed by atoms with E-state index in [2.05, 4.69) is 37.6 Å². The number of nitrogens with zero attached hydrogens (tertiary/aromatic N) is 6. The van der Waals surface area contributed by atoms with Gasteiger partial charge in [-0.2, -0.15) is 9.65 Å². The summed E-state index contributed by atoms with van der Waals surface area (Å²) in [7, 11) is 0. The van der Waals surface area contributed by atoms with E-state index in [0.29, 0.717) is 11.5 Å². The molecule has 7 heteroatoms. The fourth-order valence-corrected chi connectivity index (χ4v) is 3.93. The number of hydrogen-bond acceptors (Lipinski definition) is 5. The number of halogens is 1. The van der Waals surface area contributed by atoms with Gasteiger partial charge in [0.15, 0.2) is 0 Å². The van der Waals surface area contributed by atoms with Gasteiger partial charge in [-0.1, -0.05) is 12.1 Å². The highest BCUT2D eigenvalue weighted by Crippen LogP contribution is 2.37. The molecule has 0 bridgehead atoms. The fourth-order valence-electron chi connectivity index (χ4n) is 3.93. The van der Waals surface area contributed by atoms with Crippen LogP contribution < -0.4 is 4.90 Å². The lowest BCUT2D eigenvalue weighted by atomic mass is 9.93. The van der Waals surface area contributed by atoms with Crippen molar-refractivity contribution in [2.75, 3.05) is 18.0 Å². The highest BCUT2D eigenvalue weighted by molar-refractivity contribution is 5.82. The summed E-state index contributed by atoms with van der Waals surface area (Å²) in [6.07, 6.45) is 5.19. The zero-order valence-electron chi connectivity index (χ0n) is 15.7. The summed E-state index contributed by atoms with van der Waals surface area (Å²) >= 11 is 0. The van der Waals surface area contributed by atoms with Gasteiger partial charge in [-0.3, -0.25) is 0 Å². The van der Waals surface area contributed by atoms with E-state index in [1.54, 1.807) is 12.4 Å². The van der Waals surface area contributed by atoms with E-state index in [9.17, 15) is 9.65 Å². The Morgan fingerprint density at radius 2 is 2.04 bits per heavy atom. The lowest BCUT2D eigenvalue weighted by molar-refractivity contribution is 0.467. The molecule has 1 aromatic carbocycles. The van der Waals surface area contributed by atoms with Crippen molar-refractivity contribution in [3.05, 3.63) is 60.2 Å². The second-order valence-electron chi connectivity index (χ2n) is 6.92. The summed E-state index contributed by atoms with van der Waals surface area (Å²) in [4.78, 5) is 6.03. The third-order valence-electron chi connectivity index (χ3n) is 5.36. The first-order valence-electron chi connectivity index (χ1n) is 9.49. The SMILES string of the molecule is CCn1cnnc1C1CCN(c2c(C#N)cccc2-c2ccc(F)nc2)CC1. The second kappa shape index (κ2) is 7.77. The van der Waals surface area contributed by atoms with Crippen LogP contribution >= 0.6 is 0 Å². The molecule has 0 N–H and O–H groups in total. The molecule has 3 aromatic rings. The molecule has 28 heavy (non-hydrogen) atoms. The van der Waals surface area contributed by atoms with Gasteiger partial charge in [-0.25, -0.2) is 4.98 Å². The van der Waals surface area contributed by atoms with E-state index in [0.717, 1.165) is 55.1 Å². The predicted octanol–water partition coefficient (Wildman–Crippen LogP) is 3.75. The summed E-state index contributed by atoms with van der Waals surface area (Å²) in [5, 5.41) is 18.0. The van der Waals surface area contributed by atoms with Crippen molar-refractivity contribution in [1.82, 2.24) is 19.7 Å². The second-order valence-corrected chi connectivity index (χ2v) is 6.92. The topological polar surface area (TPSA) is 70.6 Å². The standard InChI is InChI=1S/C21H21FN6/c1-2-27-14-25-26-21(27)15-8-10-28(11-9-15)20-16(12-23)4-3-5-18(20)17-6-7-19(22)24-13-17/h3-7,13-15H,2,8-11H2,1H3. The normalized spacial score (nSPS) is 14.8. The molecule has 0 unspecified atom stereocenters. The molecule has 4 rings (SSSR count). The van der Waals surface area contributed by atoms with Crippen LogP contribution in [0.15, 0.2) is 42.9 Å². The minimum Gasteiger partial charge on any atom is -0.370 e. The molecule has 0 aliphatic carbocycles. The number of piperidine rings is 1. The van der Waals surface area contributed by atoms with E-state index >= 15 is 0 Å². The number of hydrogen-bond donors (Lipinski definition) is 0. The third-order valence-corrected chi connectivity index (χ3v) is 5.36. The van der Waals surface area contributed by atoms with Gasteiger partial charge in [0.25, 0.3) is 0 Å². The summed E-state index contributed by atoms with van der Waals surface area (Å²) in [5.41, 5.74) is 3.23. The van der Waals surface area contributed by atoms with E-state index in [1.165, 1.54) is 12.3 Å². The van der Waals surface area contributed by atoms with Crippen molar-refractivity contribution in [3.63, 3.8) is 0 Å². The number of anilines is 1. The maximum absolute atomic E-state index is 13.3. The number of nitriles is 1. The van der Waals surface area contributed by atoms with Crippen molar-refractivity contribution in [3.8, 4) is 17.2 Å². The molecule has 142 valence electrons. The maximum Gasteiger partial charge on any atom is 0.212 e. The summed E-state index contributed by atoms with van der Waals surface area (Å²) in [6.45, 7) is 4.60. The van der Waals surface area contributed by atoms with Gasteiger partial charge in [0, 0.05) is 42.9 Å².